The van der Waals surface area contributed by atoms with Crippen molar-refractivity contribution in [3.05, 3.63) is 84.0 Å². The molecule has 0 aliphatic carbocycles. The normalized spacial score (nSPS) is 11.0. The molecular formula is C24H26O4. The van der Waals surface area contributed by atoms with Crippen molar-refractivity contribution in [2.45, 2.75) is 32.8 Å². The molecule has 0 spiro atoms. The van der Waals surface area contributed by atoms with Gasteiger partial charge in [-0.05, 0) is 80.3 Å². The molecule has 0 aliphatic heterocycles. The minimum absolute atomic E-state index is 0.0677. The zero-order valence-corrected chi connectivity index (χ0v) is 16.3. The van der Waals surface area contributed by atoms with Gasteiger partial charge in [0.2, 0.25) is 0 Å². The summed E-state index contributed by atoms with van der Waals surface area (Å²) in [4.78, 5) is 12.5. The van der Waals surface area contributed by atoms with Crippen LogP contribution in [-0.2, 0) is 12.8 Å². The number of carbonyl (C=O) groups excluding carboxylic acids is 1. The molecule has 4 nitrogen and oxygen atoms in total. The molecule has 146 valence electrons. The number of allylic oxidation sites excluding steroid dienone is 3. The second kappa shape index (κ2) is 9.60. The molecule has 0 heterocycles. The third kappa shape index (κ3) is 5.13. The maximum Gasteiger partial charge on any atom is 0.185 e. The monoisotopic (exact) mass is 378 g/mol. The highest BCUT2D eigenvalue weighted by atomic mass is 16.5. The molecule has 2 aromatic rings. The van der Waals surface area contributed by atoms with Gasteiger partial charge in [-0.25, -0.2) is 0 Å². The van der Waals surface area contributed by atoms with Gasteiger partial charge in [0.05, 0.1) is 11.7 Å². The maximum absolute atomic E-state index is 12.5. The minimum atomic E-state index is -0.241. The number of ether oxygens (including phenoxy) is 1. The molecule has 2 rings (SSSR count). The summed E-state index contributed by atoms with van der Waals surface area (Å²) < 4.78 is 5.97. The van der Waals surface area contributed by atoms with Crippen LogP contribution in [0.3, 0.4) is 0 Å². The Balaban J connectivity index is 2.54. The lowest BCUT2D eigenvalue weighted by molar-refractivity contribution is 0.104. The number of phenolic OH excluding ortho intramolecular Hbond substituents is 2. The summed E-state index contributed by atoms with van der Waals surface area (Å²) in [5.74, 6) is 0.458. The van der Waals surface area contributed by atoms with Gasteiger partial charge in [0.15, 0.2) is 5.78 Å². The number of hydrogen-bond acceptors (Lipinski definition) is 4. The van der Waals surface area contributed by atoms with E-state index in [0.717, 1.165) is 5.56 Å². The molecule has 0 radical (unpaired) electrons. The number of phenols is 2. The van der Waals surface area contributed by atoms with Crippen molar-refractivity contribution in [2.24, 2.45) is 0 Å². The SMILES string of the molecule is C=CCc1cc(CC=C)c(OC(C)C)c(C=CC(=O)c2ccc(O)cc2)c1O. The fraction of sp³-hybridized carbons (Fsp3) is 0.208. The Bertz CT molecular complexity index is 890. The second-order valence-electron chi connectivity index (χ2n) is 6.68. The van der Waals surface area contributed by atoms with Crippen molar-refractivity contribution in [1.82, 2.24) is 0 Å². The van der Waals surface area contributed by atoms with Gasteiger partial charge in [0.1, 0.15) is 17.2 Å². The summed E-state index contributed by atoms with van der Waals surface area (Å²) in [6.45, 7) is 11.3. The average molecular weight is 378 g/mol. The molecule has 0 atom stereocenters. The molecule has 0 saturated heterocycles. The van der Waals surface area contributed by atoms with Gasteiger partial charge in [-0.15, -0.1) is 13.2 Å². The predicted octanol–water partition coefficient (Wildman–Crippen LogP) is 5.24. The highest BCUT2D eigenvalue weighted by molar-refractivity contribution is 6.07. The molecule has 4 heteroatoms. The quantitative estimate of drug-likeness (QED) is 0.356. The van der Waals surface area contributed by atoms with E-state index in [-0.39, 0.29) is 23.4 Å². The van der Waals surface area contributed by atoms with E-state index in [1.807, 2.05) is 19.9 Å². The van der Waals surface area contributed by atoms with Crippen LogP contribution in [0.1, 0.15) is 40.9 Å². The van der Waals surface area contributed by atoms with Crippen molar-refractivity contribution in [3.8, 4) is 17.2 Å². The Labute approximate surface area is 166 Å². The zero-order chi connectivity index (χ0) is 20.7. The first-order chi connectivity index (χ1) is 13.4. The molecule has 2 N–H and O–H groups in total. The van der Waals surface area contributed by atoms with Crippen molar-refractivity contribution >= 4 is 11.9 Å². The molecule has 0 bridgehead atoms. The second-order valence-corrected chi connectivity index (χ2v) is 6.68. The van der Waals surface area contributed by atoms with Gasteiger partial charge in [-0.1, -0.05) is 12.2 Å². The van der Waals surface area contributed by atoms with Crippen LogP contribution in [0.15, 0.2) is 61.7 Å². The van der Waals surface area contributed by atoms with Gasteiger partial charge in [0, 0.05) is 5.56 Å². The van der Waals surface area contributed by atoms with Crippen LogP contribution in [0.2, 0.25) is 0 Å². The zero-order valence-electron chi connectivity index (χ0n) is 16.3. The number of aromatic hydroxyl groups is 2. The maximum atomic E-state index is 12.5. The number of hydrogen-bond donors (Lipinski definition) is 2. The number of ketones is 1. The molecule has 0 saturated carbocycles. The van der Waals surface area contributed by atoms with Crippen LogP contribution in [0, 0.1) is 0 Å². The Kier molecular flexibility index (Phi) is 7.21. The summed E-state index contributed by atoms with van der Waals surface area (Å²) in [5.41, 5.74) is 2.49. The van der Waals surface area contributed by atoms with Crippen molar-refractivity contribution in [1.29, 1.82) is 0 Å². The van der Waals surface area contributed by atoms with E-state index in [2.05, 4.69) is 13.2 Å². The lowest BCUT2D eigenvalue weighted by atomic mass is 9.97. The van der Waals surface area contributed by atoms with Crippen molar-refractivity contribution in [2.75, 3.05) is 0 Å². The highest BCUT2D eigenvalue weighted by Crippen LogP contribution is 2.38. The average Bonchev–Trinajstić information content (AvgIpc) is 2.65. The molecule has 0 unspecified atom stereocenters. The van der Waals surface area contributed by atoms with E-state index < -0.39 is 0 Å². The highest BCUT2D eigenvalue weighted by Gasteiger charge is 2.18. The predicted molar refractivity (Wildman–Crippen MR) is 113 cm³/mol. The largest absolute Gasteiger partial charge is 0.508 e. The van der Waals surface area contributed by atoms with Crippen LogP contribution in [-0.4, -0.2) is 22.1 Å². The Hall–Kier alpha value is -3.27. The van der Waals surface area contributed by atoms with E-state index in [1.54, 1.807) is 30.4 Å². The summed E-state index contributed by atoms with van der Waals surface area (Å²) >= 11 is 0. The standard InChI is InChI=1S/C24H26O4/c1-5-7-18-15-19(8-6-2)24(28-16(3)4)21(23(18)27)13-14-22(26)17-9-11-20(25)12-10-17/h5-6,9-16,25,27H,1-2,7-8H2,3-4H3. The Morgan fingerprint density at radius 3 is 2.25 bits per heavy atom. The summed E-state index contributed by atoms with van der Waals surface area (Å²) in [6.07, 6.45) is 7.40. The van der Waals surface area contributed by atoms with Crippen LogP contribution in [0.5, 0.6) is 17.2 Å². The van der Waals surface area contributed by atoms with Gasteiger partial charge in [0.25, 0.3) is 0 Å². The lowest BCUT2D eigenvalue weighted by Gasteiger charge is -2.19. The Morgan fingerprint density at radius 1 is 1.07 bits per heavy atom. The van der Waals surface area contributed by atoms with Crippen molar-refractivity contribution in [3.63, 3.8) is 0 Å². The van der Waals surface area contributed by atoms with Crippen LogP contribution in [0.4, 0.5) is 0 Å². The summed E-state index contributed by atoms with van der Waals surface area (Å²) in [6, 6.07) is 7.89. The smallest absolute Gasteiger partial charge is 0.185 e. The van der Waals surface area contributed by atoms with Gasteiger partial charge >= 0.3 is 0 Å². The molecular weight excluding hydrogens is 352 g/mol. The van der Waals surface area contributed by atoms with Gasteiger partial charge in [-0.3, -0.25) is 4.79 Å². The third-order valence-electron chi connectivity index (χ3n) is 4.08. The van der Waals surface area contributed by atoms with E-state index >= 15 is 0 Å². The summed E-state index contributed by atoms with van der Waals surface area (Å²) in [7, 11) is 0. The molecule has 0 aromatic heterocycles. The molecule has 0 fully saturated rings. The lowest BCUT2D eigenvalue weighted by Crippen LogP contribution is -2.10. The number of rotatable bonds is 9. The van der Waals surface area contributed by atoms with E-state index in [1.165, 1.54) is 18.2 Å². The Morgan fingerprint density at radius 2 is 1.68 bits per heavy atom. The van der Waals surface area contributed by atoms with Crippen LogP contribution < -0.4 is 4.74 Å². The van der Waals surface area contributed by atoms with E-state index in [4.69, 9.17) is 4.74 Å². The molecule has 0 aliphatic rings. The minimum Gasteiger partial charge on any atom is -0.508 e. The number of benzene rings is 2. The fourth-order valence-corrected chi connectivity index (χ4v) is 2.83. The van der Waals surface area contributed by atoms with Crippen LogP contribution in [0.25, 0.3) is 6.08 Å². The summed E-state index contributed by atoms with van der Waals surface area (Å²) in [5, 5.41) is 20.1. The molecule has 28 heavy (non-hydrogen) atoms. The van der Waals surface area contributed by atoms with Gasteiger partial charge < -0.3 is 14.9 Å². The molecule has 0 amide bonds. The first-order valence-electron chi connectivity index (χ1n) is 9.15. The fourth-order valence-electron chi connectivity index (χ4n) is 2.83. The van der Waals surface area contributed by atoms with E-state index in [0.29, 0.717) is 35.3 Å². The topological polar surface area (TPSA) is 66.8 Å². The van der Waals surface area contributed by atoms with Crippen LogP contribution >= 0.6 is 0 Å². The number of carbonyl (C=O) groups is 1. The third-order valence-corrected chi connectivity index (χ3v) is 4.08. The first kappa shape index (κ1) is 21.0. The van der Waals surface area contributed by atoms with Gasteiger partial charge in [-0.2, -0.15) is 0 Å². The van der Waals surface area contributed by atoms with E-state index in [9.17, 15) is 15.0 Å². The molecule has 2 aromatic carbocycles. The first-order valence-corrected chi connectivity index (χ1v) is 9.15. The van der Waals surface area contributed by atoms with Crippen molar-refractivity contribution < 1.29 is 19.7 Å².